The Balaban J connectivity index is 1.45. The Kier molecular flexibility index (Phi) is 7.17. The van der Waals surface area contributed by atoms with Crippen molar-refractivity contribution in [2.24, 2.45) is 0 Å². The Hall–Kier alpha value is -4.26. The quantitative estimate of drug-likeness (QED) is 0.336. The number of rotatable bonds is 8. The highest BCUT2D eigenvalue weighted by molar-refractivity contribution is 5.97. The zero-order chi connectivity index (χ0) is 24.7. The van der Waals surface area contributed by atoms with Gasteiger partial charge in [-0.1, -0.05) is 60.7 Å². The van der Waals surface area contributed by atoms with E-state index in [-0.39, 0.29) is 5.97 Å². The number of nitrogens with one attached hydrogen (secondary N) is 1. The third-order valence-corrected chi connectivity index (χ3v) is 6.16. The summed E-state index contributed by atoms with van der Waals surface area (Å²) in [6, 6.07) is 24.0. The summed E-state index contributed by atoms with van der Waals surface area (Å²) in [5.41, 5.74) is 4.27. The van der Waals surface area contributed by atoms with Crippen molar-refractivity contribution in [3.05, 3.63) is 95.7 Å². The van der Waals surface area contributed by atoms with Crippen LogP contribution in [0.25, 0.3) is 11.3 Å². The summed E-state index contributed by atoms with van der Waals surface area (Å²) in [6.07, 6.45) is 4.43. The number of ether oxygens (including phenoxy) is 1. The Bertz CT molecular complexity index is 1330. The highest BCUT2D eigenvalue weighted by Crippen LogP contribution is 2.35. The maximum atomic E-state index is 12.8. The van der Waals surface area contributed by atoms with Crippen LogP contribution in [-0.2, 0) is 17.6 Å². The summed E-state index contributed by atoms with van der Waals surface area (Å²) in [5, 5.41) is 3.34. The monoisotopic (exact) mass is 479 g/mol. The second-order valence-electron chi connectivity index (χ2n) is 8.61. The van der Waals surface area contributed by atoms with Gasteiger partial charge < -0.3 is 15.0 Å². The zero-order valence-electron chi connectivity index (χ0n) is 20.4. The SMILES string of the molecule is CCOC(=O)c1cc2c(nc1-c1ccccc1)N(c1ccnc(NCCc3ccccc3)n1)CCC2. The predicted octanol–water partition coefficient (Wildman–Crippen LogP) is 5.45. The number of nitrogens with zero attached hydrogens (tertiary/aromatic N) is 4. The van der Waals surface area contributed by atoms with Crippen molar-refractivity contribution in [1.29, 1.82) is 0 Å². The molecule has 0 unspecified atom stereocenters. The van der Waals surface area contributed by atoms with E-state index in [1.54, 1.807) is 6.20 Å². The first-order valence-corrected chi connectivity index (χ1v) is 12.4. The van der Waals surface area contributed by atoms with E-state index in [0.717, 1.165) is 55.1 Å². The fourth-order valence-electron chi connectivity index (χ4n) is 4.45. The lowest BCUT2D eigenvalue weighted by Crippen LogP contribution is -2.28. The molecule has 36 heavy (non-hydrogen) atoms. The van der Waals surface area contributed by atoms with Crippen LogP contribution in [0.5, 0.6) is 0 Å². The molecule has 1 aliphatic heterocycles. The number of carbonyl (C=O) groups is 1. The van der Waals surface area contributed by atoms with E-state index in [4.69, 9.17) is 14.7 Å². The maximum Gasteiger partial charge on any atom is 0.340 e. The van der Waals surface area contributed by atoms with Gasteiger partial charge in [-0.05, 0) is 49.4 Å². The van der Waals surface area contributed by atoms with Gasteiger partial charge >= 0.3 is 5.97 Å². The van der Waals surface area contributed by atoms with Crippen molar-refractivity contribution in [2.75, 3.05) is 29.9 Å². The number of aromatic nitrogens is 3. The Morgan fingerprint density at radius 3 is 2.58 bits per heavy atom. The molecule has 5 rings (SSSR count). The summed E-state index contributed by atoms with van der Waals surface area (Å²) in [5.74, 6) is 1.84. The number of benzene rings is 2. The summed E-state index contributed by atoms with van der Waals surface area (Å²) in [7, 11) is 0. The van der Waals surface area contributed by atoms with E-state index in [1.165, 1.54) is 5.56 Å². The van der Waals surface area contributed by atoms with Crippen LogP contribution >= 0.6 is 0 Å². The minimum Gasteiger partial charge on any atom is -0.462 e. The number of fused-ring (bicyclic) bond motifs is 1. The number of pyridine rings is 1. The molecule has 3 heterocycles. The standard InChI is InChI=1S/C29H29N5O2/c1-2-36-28(35)24-20-23-14-9-19-34(27(23)33-26(24)22-12-7-4-8-13-22)25-16-18-31-29(32-25)30-17-15-21-10-5-3-6-11-21/h3-8,10-13,16,18,20H,2,9,14-15,17,19H2,1H3,(H,30,31,32). The Labute approximate surface area is 211 Å². The molecule has 7 heteroatoms. The van der Waals surface area contributed by atoms with Gasteiger partial charge in [0.1, 0.15) is 11.6 Å². The van der Waals surface area contributed by atoms with Crippen LogP contribution in [0.3, 0.4) is 0 Å². The van der Waals surface area contributed by atoms with Crippen molar-refractivity contribution < 1.29 is 9.53 Å². The summed E-state index contributed by atoms with van der Waals surface area (Å²) in [6.45, 7) is 3.66. The fraction of sp³-hybridized carbons (Fsp3) is 0.241. The van der Waals surface area contributed by atoms with Gasteiger partial charge in [0.15, 0.2) is 0 Å². The van der Waals surface area contributed by atoms with Gasteiger partial charge in [-0.2, -0.15) is 4.98 Å². The van der Waals surface area contributed by atoms with Gasteiger partial charge in [-0.3, -0.25) is 0 Å². The third kappa shape index (κ3) is 5.20. The van der Waals surface area contributed by atoms with E-state index in [1.807, 2.05) is 67.6 Å². The van der Waals surface area contributed by atoms with Crippen molar-refractivity contribution in [1.82, 2.24) is 15.0 Å². The number of aryl methyl sites for hydroxylation is 1. The van der Waals surface area contributed by atoms with Crippen LogP contribution in [0, 0.1) is 0 Å². The van der Waals surface area contributed by atoms with Crippen LogP contribution in [0.4, 0.5) is 17.6 Å². The molecule has 1 N–H and O–H groups in total. The van der Waals surface area contributed by atoms with Crippen LogP contribution in [-0.4, -0.2) is 40.6 Å². The normalized spacial score (nSPS) is 12.6. The molecule has 7 nitrogen and oxygen atoms in total. The molecule has 0 bridgehead atoms. The van der Waals surface area contributed by atoms with E-state index in [2.05, 4.69) is 27.3 Å². The minimum absolute atomic E-state index is 0.317. The molecule has 0 fully saturated rings. The van der Waals surface area contributed by atoms with Gasteiger partial charge in [0.2, 0.25) is 5.95 Å². The lowest BCUT2D eigenvalue weighted by atomic mass is 9.99. The number of hydrogen-bond acceptors (Lipinski definition) is 7. The fourth-order valence-corrected chi connectivity index (χ4v) is 4.45. The molecule has 0 atom stereocenters. The maximum absolute atomic E-state index is 12.8. The molecular formula is C29H29N5O2. The molecule has 0 saturated heterocycles. The average molecular weight is 480 g/mol. The van der Waals surface area contributed by atoms with E-state index in [0.29, 0.717) is 23.8 Å². The lowest BCUT2D eigenvalue weighted by molar-refractivity contribution is 0.0526. The Morgan fingerprint density at radius 2 is 1.81 bits per heavy atom. The number of carbonyl (C=O) groups excluding carboxylic acids is 1. The molecule has 2 aromatic heterocycles. The van der Waals surface area contributed by atoms with Crippen molar-refractivity contribution in [3.63, 3.8) is 0 Å². The van der Waals surface area contributed by atoms with E-state index < -0.39 is 0 Å². The largest absolute Gasteiger partial charge is 0.462 e. The highest BCUT2D eigenvalue weighted by atomic mass is 16.5. The smallest absolute Gasteiger partial charge is 0.340 e. The highest BCUT2D eigenvalue weighted by Gasteiger charge is 2.26. The second-order valence-corrected chi connectivity index (χ2v) is 8.61. The van der Waals surface area contributed by atoms with Crippen LogP contribution in [0.15, 0.2) is 79.0 Å². The van der Waals surface area contributed by atoms with E-state index >= 15 is 0 Å². The number of hydrogen-bond donors (Lipinski definition) is 1. The number of anilines is 3. The van der Waals surface area contributed by atoms with Crippen LogP contribution in [0.2, 0.25) is 0 Å². The molecule has 0 aliphatic carbocycles. The predicted molar refractivity (Wildman–Crippen MR) is 142 cm³/mol. The zero-order valence-corrected chi connectivity index (χ0v) is 20.4. The van der Waals surface area contributed by atoms with Crippen LogP contribution in [0.1, 0.15) is 34.8 Å². The molecular weight excluding hydrogens is 450 g/mol. The summed E-state index contributed by atoms with van der Waals surface area (Å²) < 4.78 is 5.36. The molecule has 0 radical (unpaired) electrons. The van der Waals surface area contributed by atoms with E-state index in [9.17, 15) is 4.79 Å². The van der Waals surface area contributed by atoms with Gasteiger partial charge in [0.25, 0.3) is 0 Å². The van der Waals surface area contributed by atoms with Gasteiger partial charge in [0.05, 0.1) is 17.9 Å². The number of esters is 1. The molecule has 0 spiro atoms. The minimum atomic E-state index is -0.351. The summed E-state index contributed by atoms with van der Waals surface area (Å²) in [4.78, 5) is 29.2. The molecule has 182 valence electrons. The first-order valence-electron chi connectivity index (χ1n) is 12.4. The second kappa shape index (κ2) is 11.0. The molecule has 2 aromatic carbocycles. The van der Waals surface area contributed by atoms with Crippen LogP contribution < -0.4 is 10.2 Å². The average Bonchev–Trinajstić information content (AvgIpc) is 2.93. The first kappa shape index (κ1) is 23.5. The summed E-state index contributed by atoms with van der Waals surface area (Å²) >= 11 is 0. The lowest BCUT2D eigenvalue weighted by Gasteiger charge is -2.30. The van der Waals surface area contributed by atoms with Gasteiger partial charge in [0, 0.05) is 24.8 Å². The van der Waals surface area contributed by atoms with Crippen molar-refractivity contribution >= 4 is 23.6 Å². The third-order valence-electron chi connectivity index (χ3n) is 6.16. The molecule has 1 aliphatic rings. The van der Waals surface area contributed by atoms with Crippen molar-refractivity contribution in [2.45, 2.75) is 26.2 Å². The molecule has 0 saturated carbocycles. The molecule has 0 amide bonds. The van der Waals surface area contributed by atoms with Gasteiger partial charge in [-0.25, -0.2) is 14.8 Å². The molecule has 4 aromatic rings. The van der Waals surface area contributed by atoms with Crippen molar-refractivity contribution in [3.8, 4) is 11.3 Å². The Morgan fingerprint density at radius 1 is 1.03 bits per heavy atom. The topological polar surface area (TPSA) is 80.2 Å². The van der Waals surface area contributed by atoms with Gasteiger partial charge in [-0.15, -0.1) is 0 Å². The first-order chi connectivity index (χ1) is 17.7.